The largest absolute Gasteiger partial charge is 0.466 e. The molecule has 1 fully saturated rings. The molecule has 0 amide bonds. The zero-order chi connectivity index (χ0) is 13.3. The summed E-state index contributed by atoms with van der Waals surface area (Å²) in [6, 6.07) is 9.49. The first kappa shape index (κ1) is 13.0. The minimum absolute atomic E-state index is 0.396. The number of ether oxygens (including phenoxy) is 2. The summed E-state index contributed by atoms with van der Waals surface area (Å²) < 4.78 is 10.2. The predicted molar refractivity (Wildman–Crippen MR) is 63.8 cm³/mol. The molecule has 2 unspecified atom stereocenters. The van der Waals surface area contributed by atoms with Crippen LogP contribution in [0.1, 0.15) is 25.5 Å². The van der Waals surface area contributed by atoms with Crippen molar-refractivity contribution in [2.24, 2.45) is 0 Å². The van der Waals surface area contributed by atoms with Crippen molar-refractivity contribution in [3.8, 4) is 0 Å². The minimum atomic E-state index is -1.09. The number of nitrogens with zero attached hydrogens (tertiary/aromatic N) is 1. The summed E-state index contributed by atoms with van der Waals surface area (Å²) >= 11 is 0. The van der Waals surface area contributed by atoms with Crippen molar-refractivity contribution in [1.82, 2.24) is 5.06 Å². The van der Waals surface area contributed by atoms with Crippen molar-refractivity contribution >= 4 is 5.97 Å². The van der Waals surface area contributed by atoms with Crippen LogP contribution in [0.25, 0.3) is 0 Å². The molecule has 0 bridgehead atoms. The Morgan fingerprint density at radius 3 is 2.56 bits per heavy atom. The molecule has 1 aromatic rings. The number of benzene rings is 1. The van der Waals surface area contributed by atoms with Gasteiger partial charge in [0.05, 0.1) is 12.6 Å². The molecule has 2 atom stereocenters. The van der Waals surface area contributed by atoms with E-state index in [0.717, 1.165) is 10.6 Å². The minimum Gasteiger partial charge on any atom is -0.466 e. The van der Waals surface area contributed by atoms with Crippen LogP contribution in [-0.4, -0.2) is 35.1 Å². The van der Waals surface area contributed by atoms with Gasteiger partial charge in [-0.15, -0.1) is 5.06 Å². The fourth-order valence-electron chi connectivity index (χ4n) is 2.15. The van der Waals surface area contributed by atoms with E-state index in [1.807, 2.05) is 44.2 Å². The maximum atomic E-state index is 11.5. The Bertz CT molecular complexity index is 432. The van der Waals surface area contributed by atoms with Crippen molar-refractivity contribution < 1.29 is 19.5 Å². The third kappa shape index (κ3) is 2.01. The summed E-state index contributed by atoms with van der Waals surface area (Å²) in [5.41, 5.74) is 0.202. The van der Waals surface area contributed by atoms with E-state index in [9.17, 15) is 10.0 Å². The van der Waals surface area contributed by atoms with Gasteiger partial charge in [0.15, 0.2) is 0 Å². The van der Waals surface area contributed by atoms with Crippen LogP contribution >= 0.6 is 0 Å². The summed E-state index contributed by atoms with van der Waals surface area (Å²) in [5, 5.41) is 11.0. The molecule has 1 aliphatic rings. The van der Waals surface area contributed by atoms with E-state index in [0.29, 0.717) is 0 Å². The quantitative estimate of drug-likeness (QED) is 0.811. The molecular weight excluding hydrogens is 234 g/mol. The van der Waals surface area contributed by atoms with Gasteiger partial charge in [0.2, 0.25) is 6.23 Å². The van der Waals surface area contributed by atoms with Gasteiger partial charge in [-0.3, -0.25) is 0 Å². The van der Waals surface area contributed by atoms with E-state index in [1.165, 1.54) is 7.11 Å². The molecule has 5 nitrogen and oxygen atoms in total. The molecule has 1 aromatic carbocycles. The molecule has 5 heteroatoms. The number of hydroxylamine groups is 2. The molecule has 1 saturated heterocycles. The molecule has 0 radical (unpaired) electrons. The number of hydrogen-bond donors (Lipinski definition) is 1. The van der Waals surface area contributed by atoms with Crippen LogP contribution in [0.5, 0.6) is 0 Å². The highest BCUT2D eigenvalue weighted by Gasteiger charge is 2.52. The number of methoxy groups -OCH3 is 1. The number of hydrogen-bond acceptors (Lipinski definition) is 5. The Morgan fingerprint density at radius 1 is 1.39 bits per heavy atom. The third-order valence-corrected chi connectivity index (χ3v) is 3.22. The van der Waals surface area contributed by atoms with E-state index in [4.69, 9.17) is 4.74 Å². The highest BCUT2D eigenvalue weighted by atomic mass is 16.7. The predicted octanol–water partition coefficient (Wildman–Crippen LogP) is 1.73. The van der Waals surface area contributed by atoms with Crippen molar-refractivity contribution in [1.29, 1.82) is 0 Å². The van der Waals surface area contributed by atoms with Crippen molar-refractivity contribution in [3.63, 3.8) is 0 Å². The molecule has 0 aliphatic carbocycles. The molecular formula is C13H17NO4. The summed E-state index contributed by atoms with van der Waals surface area (Å²) in [6.07, 6.45) is -1.48. The van der Waals surface area contributed by atoms with Gasteiger partial charge < -0.3 is 14.7 Å². The number of rotatable bonds is 2. The highest BCUT2D eigenvalue weighted by molar-refractivity contribution is 5.74. The summed E-state index contributed by atoms with van der Waals surface area (Å²) in [5.74, 6) is -0.607. The molecule has 18 heavy (non-hydrogen) atoms. The van der Waals surface area contributed by atoms with Crippen molar-refractivity contribution in [3.05, 3.63) is 35.9 Å². The van der Waals surface area contributed by atoms with Crippen LogP contribution in [0.2, 0.25) is 0 Å². The van der Waals surface area contributed by atoms with Crippen LogP contribution in [0.15, 0.2) is 30.3 Å². The van der Waals surface area contributed by atoms with Crippen molar-refractivity contribution in [2.45, 2.75) is 31.7 Å². The summed E-state index contributed by atoms with van der Waals surface area (Å²) in [7, 11) is 1.27. The van der Waals surface area contributed by atoms with Crippen LogP contribution in [0, 0.1) is 0 Å². The van der Waals surface area contributed by atoms with E-state index >= 15 is 0 Å². The molecule has 1 aliphatic heterocycles. The summed E-state index contributed by atoms with van der Waals surface area (Å²) in [6.45, 7) is 3.63. The Kier molecular flexibility index (Phi) is 3.38. The van der Waals surface area contributed by atoms with E-state index in [-0.39, 0.29) is 0 Å². The summed E-state index contributed by atoms with van der Waals surface area (Å²) in [4.78, 5) is 11.5. The maximum Gasteiger partial charge on any atom is 0.352 e. The molecule has 0 spiro atoms. The van der Waals surface area contributed by atoms with Crippen LogP contribution < -0.4 is 0 Å². The lowest BCUT2D eigenvalue weighted by Crippen LogP contribution is -2.45. The average Bonchev–Trinajstić information content (AvgIpc) is 2.61. The van der Waals surface area contributed by atoms with Gasteiger partial charge >= 0.3 is 5.97 Å². The molecule has 0 aromatic heterocycles. The second-order valence-electron chi connectivity index (χ2n) is 4.80. The molecule has 0 saturated carbocycles. The van der Waals surface area contributed by atoms with E-state index in [1.54, 1.807) is 0 Å². The Labute approximate surface area is 106 Å². The van der Waals surface area contributed by atoms with Crippen molar-refractivity contribution in [2.75, 3.05) is 7.11 Å². The highest BCUT2D eigenvalue weighted by Crippen LogP contribution is 2.41. The monoisotopic (exact) mass is 251 g/mol. The van der Waals surface area contributed by atoms with Gasteiger partial charge in [-0.1, -0.05) is 30.3 Å². The van der Waals surface area contributed by atoms with E-state index < -0.39 is 23.8 Å². The van der Waals surface area contributed by atoms with Crippen LogP contribution in [-0.2, 0) is 14.3 Å². The Balaban J connectivity index is 2.31. The Morgan fingerprint density at radius 2 is 2.00 bits per heavy atom. The third-order valence-electron chi connectivity index (χ3n) is 3.22. The average molecular weight is 251 g/mol. The first-order valence-electron chi connectivity index (χ1n) is 5.75. The SMILES string of the molecule is COC(=O)C1OC(c2ccccc2)C(C)(C)N1O. The lowest BCUT2D eigenvalue weighted by Gasteiger charge is -2.29. The first-order chi connectivity index (χ1) is 8.48. The molecule has 1 N–H and O–H groups in total. The molecule has 2 rings (SSSR count). The van der Waals surface area contributed by atoms with Gasteiger partial charge in [-0.05, 0) is 19.4 Å². The first-order valence-corrected chi connectivity index (χ1v) is 5.75. The molecule has 1 heterocycles. The van der Waals surface area contributed by atoms with Crippen LogP contribution in [0.4, 0.5) is 0 Å². The van der Waals surface area contributed by atoms with Gasteiger partial charge in [0.1, 0.15) is 6.10 Å². The lowest BCUT2D eigenvalue weighted by molar-refractivity contribution is -0.208. The maximum absolute atomic E-state index is 11.5. The normalized spacial score (nSPS) is 27.1. The van der Waals surface area contributed by atoms with Gasteiger partial charge in [0, 0.05) is 0 Å². The zero-order valence-corrected chi connectivity index (χ0v) is 10.7. The number of carbonyl (C=O) groups is 1. The van der Waals surface area contributed by atoms with Crippen LogP contribution in [0.3, 0.4) is 0 Å². The second-order valence-corrected chi connectivity index (χ2v) is 4.80. The smallest absolute Gasteiger partial charge is 0.352 e. The lowest BCUT2D eigenvalue weighted by atomic mass is 9.92. The Hall–Kier alpha value is -1.43. The zero-order valence-electron chi connectivity index (χ0n) is 10.7. The topological polar surface area (TPSA) is 59.0 Å². The van der Waals surface area contributed by atoms with Gasteiger partial charge in [0.25, 0.3) is 0 Å². The number of esters is 1. The standard InChI is InChI=1S/C13H17NO4/c1-13(2)10(9-7-5-4-6-8-9)18-11(14(13)16)12(15)17-3/h4-8,10-11,16H,1-3H3. The van der Waals surface area contributed by atoms with Gasteiger partial charge in [-0.2, -0.15) is 0 Å². The fraction of sp³-hybridized carbons (Fsp3) is 0.462. The molecule has 98 valence electrons. The van der Waals surface area contributed by atoms with E-state index in [2.05, 4.69) is 4.74 Å². The van der Waals surface area contributed by atoms with Gasteiger partial charge in [-0.25, -0.2) is 4.79 Å². The fourth-order valence-corrected chi connectivity index (χ4v) is 2.15. The second kappa shape index (κ2) is 4.68. The number of carbonyl (C=O) groups excluding carboxylic acids is 1.